The van der Waals surface area contributed by atoms with Crippen molar-refractivity contribution in [1.29, 1.82) is 0 Å². The van der Waals surface area contributed by atoms with Crippen molar-refractivity contribution >= 4 is 61.6 Å². The molecule has 0 saturated carbocycles. The molecule has 226 valence electrons. The molecule has 9 aromatic rings. The Morgan fingerprint density at radius 1 is 0.354 bits per heavy atom. The molecule has 2 heteroatoms. The molecule has 8 aromatic carbocycles. The SMILES string of the molecule is c1ccc(-c2ccccc2-c2ccccc2-c2ccccc2N(c2ccccc2)c2ccc3[se]c4c5ccccc5ccc4c3c2)cc1. The molecule has 0 amide bonds. The van der Waals surface area contributed by atoms with Crippen LogP contribution in [0.5, 0.6) is 0 Å². The molecule has 9 rings (SSSR count). The molecule has 1 heterocycles. The van der Waals surface area contributed by atoms with Crippen molar-refractivity contribution in [3.8, 4) is 33.4 Å². The molecule has 0 fully saturated rings. The standard InChI is InChI=1S/C46H31NSe/c1-3-15-32(16-4-1)36-20-9-10-22-38(36)39-23-11-12-24-40(39)41-25-13-14-26-44(41)47(34-18-5-2-6-19-34)35-28-30-45-43(31-35)42-29-27-33-17-7-8-21-37(33)46(42)48-45/h1-31H. The van der Waals surface area contributed by atoms with E-state index in [9.17, 15) is 0 Å². The summed E-state index contributed by atoms with van der Waals surface area (Å²) in [5, 5.41) is 5.42. The van der Waals surface area contributed by atoms with Gasteiger partial charge in [-0.15, -0.1) is 0 Å². The first kappa shape index (κ1) is 28.6. The van der Waals surface area contributed by atoms with Crippen molar-refractivity contribution in [2.45, 2.75) is 0 Å². The minimum absolute atomic E-state index is 0.268. The zero-order chi connectivity index (χ0) is 31.9. The molecule has 1 nitrogen and oxygen atoms in total. The van der Waals surface area contributed by atoms with Crippen LogP contribution in [-0.4, -0.2) is 14.5 Å². The number of rotatable bonds is 6. The average molecular weight is 677 g/mol. The Morgan fingerprint density at radius 2 is 0.938 bits per heavy atom. The van der Waals surface area contributed by atoms with E-state index in [2.05, 4.69) is 193 Å². The van der Waals surface area contributed by atoms with E-state index in [1.54, 1.807) is 0 Å². The second kappa shape index (κ2) is 12.2. The number of nitrogens with zero attached hydrogens (tertiary/aromatic N) is 1. The monoisotopic (exact) mass is 677 g/mol. The van der Waals surface area contributed by atoms with Gasteiger partial charge in [0.2, 0.25) is 0 Å². The van der Waals surface area contributed by atoms with E-state index >= 15 is 0 Å². The van der Waals surface area contributed by atoms with E-state index in [1.807, 2.05) is 0 Å². The fourth-order valence-corrected chi connectivity index (χ4v) is 9.63. The molecule has 0 aliphatic rings. The Kier molecular flexibility index (Phi) is 7.24. The van der Waals surface area contributed by atoms with Gasteiger partial charge in [-0.05, 0) is 0 Å². The minimum atomic E-state index is 0.268. The third-order valence-corrected chi connectivity index (χ3v) is 11.8. The molecular formula is C46H31NSe. The van der Waals surface area contributed by atoms with Gasteiger partial charge in [-0.25, -0.2) is 0 Å². The zero-order valence-electron chi connectivity index (χ0n) is 26.3. The Hall–Kier alpha value is -5.66. The third kappa shape index (κ3) is 4.95. The predicted octanol–water partition coefficient (Wildman–Crippen LogP) is 12.7. The number of hydrogen-bond donors (Lipinski definition) is 0. The number of para-hydroxylation sites is 2. The van der Waals surface area contributed by atoms with E-state index in [4.69, 9.17) is 0 Å². The largest absolute Gasteiger partial charge is 0.0617 e. The summed E-state index contributed by atoms with van der Waals surface area (Å²) in [6, 6.07) is 68.5. The van der Waals surface area contributed by atoms with Crippen molar-refractivity contribution in [3.05, 3.63) is 188 Å². The Morgan fingerprint density at radius 3 is 1.71 bits per heavy atom. The summed E-state index contributed by atoms with van der Waals surface area (Å²) in [5.74, 6) is 0. The first-order valence-corrected chi connectivity index (χ1v) is 18.1. The van der Waals surface area contributed by atoms with Crippen LogP contribution in [0.2, 0.25) is 0 Å². The summed E-state index contributed by atoms with van der Waals surface area (Å²) in [6.45, 7) is 0. The molecule has 0 unspecified atom stereocenters. The zero-order valence-corrected chi connectivity index (χ0v) is 28.0. The van der Waals surface area contributed by atoms with Gasteiger partial charge in [-0.3, -0.25) is 0 Å². The number of benzene rings is 8. The van der Waals surface area contributed by atoms with E-state index in [-0.39, 0.29) is 14.5 Å². The first-order valence-electron chi connectivity index (χ1n) is 16.4. The maximum absolute atomic E-state index is 2.43. The Labute approximate surface area is 286 Å². The van der Waals surface area contributed by atoms with Crippen LogP contribution < -0.4 is 4.90 Å². The molecule has 0 spiro atoms. The maximum atomic E-state index is 2.43. The van der Waals surface area contributed by atoms with Gasteiger partial charge in [0.25, 0.3) is 0 Å². The smallest absolute Gasteiger partial charge is 0.0544 e. The summed E-state index contributed by atoms with van der Waals surface area (Å²) in [5.41, 5.74) is 10.7. The van der Waals surface area contributed by atoms with Crippen LogP contribution in [0.4, 0.5) is 17.1 Å². The number of anilines is 3. The minimum Gasteiger partial charge on any atom is -0.0617 e. The van der Waals surface area contributed by atoms with Crippen molar-refractivity contribution in [3.63, 3.8) is 0 Å². The summed E-state index contributed by atoms with van der Waals surface area (Å²) < 4.78 is 2.94. The molecule has 0 N–H and O–H groups in total. The maximum Gasteiger partial charge on any atom is -0.0544 e. The van der Waals surface area contributed by atoms with Gasteiger partial charge < -0.3 is 0 Å². The quantitative estimate of drug-likeness (QED) is 0.159. The average Bonchev–Trinajstić information content (AvgIpc) is 3.55. The van der Waals surface area contributed by atoms with E-state index in [1.165, 1.54) is 63.4 Å². The normalized spacial score (nSPS) is 11.3. The van der Waals surface area contributed by atoms with Crippen LogP contribution in [0.3, 0.4) is 0 Å². The van der Waals surface area contributed by atoms with Gasteiger partial charge in [-0.1, -0.05) is 36.4 Å². The number of fused-ring (bicyclic) bond motifs is 5. The molecular weight excluding hydrogens is 645 g/mol. The number of hydrogen-bond acceptors (Lipinski definition) is 1. The summed E-state index contributed by atoms with van der Waals surface area (Å²) in [4.78, 5) is 2.43. The van der Waals surface area contributed by atoms with Crippen molar-refractivity contribution in [2.75, 3.05) is 4.90 Å². The van der Waals surface area contributed by atoms with Crippen molar-refractivity contribution in [2.24, 2.45) is 0 Å². The third-order valence-electron chi connectivity index (χ3n) is 9.28. The second-order valence-corrected chi connectivity index (χ2v) is 14.3. The fraction of sp³-hybridized carbons (Fsp3) is 0. The van der Waals surface area contributed by atoms with Gasteiger partial charge in [0, 0.05) is 0 Å². The summed E-state index contributed by atoms with van der Waals surface area (Å²) >= 11 is 0.268. The van der Waals surface area contributed by atoms with Crippen LogP contribution in [-0.2, 0) is 0 Å². The van der Waals surface area contributed by atoms with Gasteiger partial charge in [-0.2, -0.15) is 0 Å². The molecule has 0 atom stereocenters. The Balaban J connectivity index is 1.25. The van der Waals surface area contributed by atoms with E-state index in [0.717, 1.165) is 17.1 Å². The molecule has 0 aliphatic carbocycles. The Bertz CT molecular complexity index is 2560. The topological polar surface area (TPSA) is 3.24 Å². The van der Waals surface area contributed by atoms with E-state index in [0.29, 0.717) is 0 Å². The predicted molar refractivity (Wildman–Crippen MR) is 207 cm³/mol. The van der Waals surface area contributed by atoms with Gasteiger partial charge in [0.05, 0.1) is 0 Å². The molecule has 1 aromatic heterocycles. The summed E-state index contributed by atoms with van der Waals surface area (Å²) in [6.07, 6.45) is 0. The first-order chi connectivity index (χ1) is 23.8. The molecule has 0 saturated heterocycles. The van der Waals surface area contributed by atoms with Crippen LogP contribution in [0.15, 0.2) is 188 Å². The van der Waals surface area contributed by atoms with Gasteiger partial charge in [0.1, 0.15) is 0 Å². The van der Waals surface area contributed by atoms with Crippen LogP contribution in [0, 0.1) is 0 Å². The fourth-order valence-electron chi connectivity index (χ4n) is 7.07. The second-order valence-electron chi connectivity index (χ2n) is 12.1. The van der Waals surface area contributed by atoms with Gasteiger partial charge in [0.15, 0.2) is 0 Å². The molecule has 0 bridgehead atoms. The summed E-state index contributed by atoms with van der Waals surface area (Å²) in [7, 11) is 0. The molecule has 0 radical (unpaired) electrons. The molecule has 0 aliphatic heterocycles. The van der Waals surface area contributed by atoms with Crippen LogP contribution >= 0.6 is 0 Å². The molecule has 48 heavy (non-hydrogen) atoms. The van der Waals surface area contributed by atoms with Crippen molar-refractivity contribution in [1.82, 2.24) is 0 Å². The van der Waals surface area contributed by atoms with Crippen LogP contribution in [0.25, 0.3) is 63.4 Å². The van der Waals surface area contributed by atoms with Crippen molar-refractivity contribution < 1.29 is 0 Å². The van der Waals surface area contributed by atoms with Crippen LogP contribution in [0.1, 0.15) is 0 Å². The van der Waals surface area contributed by atoms with E-state index < -0.39 is 0 Å². The van der Waals surface area contributed by atoms with Gasteiger partial charge >= 0.3 is 252 Å².